The molecule has 0 unspecified atom stereocenters. The molecule has 0 aliphatic carbocycles. The van der Waals surface area contributed by atoms with E-state index < -0.39 is 5.97 Å². The first-order valence-corrected chi connectivity index (χ1v) is 9.43. The van der Waals surface area contributed by atoms with Crippen molar-refractivity contribution in [2.75, 3.05) is 50.1 Å². The number of esters is 1. The number of carbonyl (C=O) groups is 2. The van der Waals surface area contributed by atoms with Crippen LogP contribution in [0.2, 0.25) is 0 Å². The van der Waals surface area contributed by atoms with E-state index in [1.54, 1.807) is 18.2 Å². The highest BCUT2D eigenvalue weighted by atomic mass is 16.5. The third-order valence-corrected chi connectivity index (χ3v) is 4.39. The van der Waals surface area contributed by atoms with Crippen LogP contribution in [-0.4, -0.2) is 52.2 Å². The van der Waals surface area contributed by atoms with Crippen molar-refractivity contribution in [3.8, 4) is 0 Å². The Kier molecular flexibility index (Phi) is 7.87. The average molecular weight is 383 g/mol. The number of nitrogens with zero attached hydrogens (tertiary/aromatic N) is 2. The van der Waals surface area contributed by atoms with Gasteiger partial charge in [-0.2, -0.15) is 0 Å². The standard InChI is InChI=1S/C22H29N3O3/c1-5-25(20-11-6-8-17(2)14-20)13-12-23-21(26)16-28-22(27)18-9-7-10-19(15-18)24(3)4/h6-11,14-15H,5,12-13,16H2,1-4H3,(H,23,26). The molecule has 1 amide bonds. The van der Waals surface area contributed by atoms with Crippen molar-refractivity contribution < 1.29 is 14.3 Å². The lowest BCUT2D eigenvalue weighted by Gasteiger charge is -2.23. The predicted octanol–water partition coefficient (Wildman–Crippen LogP) is 2.86. The normalized spacial score (nSPS) is 10.3. The molecule has 2 aromatic rings. The van der Waals surface area contributed by atoms with Gasteiger partial charge in [0.25, 0.3) is 5.91 Å². The minimum Gasteiger partial charge on any atom is -0.452 e. The van der Waals surface area contributed by atoms with Gasteiger partial charge in [-0.1, -0.05) is 18.2 Å². The smallest absolute Gasteiger partial charge is 0.338 e. The van der Waals surface area contributed by atoms with E-state index in [-0.39, 0.29) is 12.5 Å². The fourth-order valence-corrected chi connectivity index (χ4v) is 2.80. The Morgan fingerprint density at radius 2 is 1.75 bits per heavy atom. The summed E-state index contributed by atoms with van der Waals surface area (Å²) in [6, 6.07) is 15.4. The first-order chi connectivity index (χ1) is 13.4. The molecule has 0 fully saturated rings. The molecular weight excluding hydrogens is 354 g/mol. The van der Waals surface area contributed by atoms with Crippen molar-refractivity contribution in [3.63, 3.8) is 0 Å². The fraction of sp³-hybridized carbons (Fsp3) is 0.364. The Morgan fingerprint density at radius 1 is 1.04 bits per heavy atom. The van der Waals surface area contributed by atoms with Crippen LogP contribution < -0.4 is 15.1 Å². The summed E-state index contributed by atoms with van der Waals surface area (Å²) in [4.78, 5) is 28.2. The predicted molar refractivity (Wildman–Crippen MR) is 113 cm³/mol. The molecule has 0 aromatic heterocycles. The first-order valence-electron chi connectivity index (χ1n) is 9.43. The Labute approximate surface area is 167 Å². The molecular formula is C22H29N3O3. The number of rotatable bonds is 9. The Balaban J connectivity index is 1.78. The number of amides is 1. The molecule has 0 saturated carbocycles. The van der Waals surface area contributed by atoms with Crippen molar-refractivity contribution in [1.29, 1.82) is 0 Å². The minimum absolute atomic E-state index is 0.290. The molecule has 2 aromatic carbocycles. The van der Waals surface area contributed by atoms with Gasteiger partial charge in [0, 0.05) is 45.1 Å². The van der Waals surface area contributed by atoms with E-state index in [9.17, 15) is 9.59 Å². The maximum atomic E-state index is 12.1. The van der Waals surface area contributed by atoms with Crippen LogP contribution in [0.1, 0.15) is 22.8 Å². The highest BCUT2D eigenvalue weighted by molar-refractivity contribution is 5.92. The van der Waals surface area contributed by atoms with E-state index in [0.29, 0.717) is 18.7 Å². The van der Waals surface area contributed by atoms with Crippen molar-refractivity contribution in [3.05, 3.63) is 59.7 Å². The van der Waals surface area contributed by atoms with Crippen LogP contribution in [0.3, 0.4) is 0 Å². The fourth-order valence-electron chi connectivity index (χ4n) is 2.80. The van der Waals surface area contributed by atoms with Crippen LogP contribution in [0.4, 0.5) is 11.4 Å². The van der Waals surface area contributed by atoms with Crippen molar-refractivity contribution in [2.45, 2.75) is 13.8 Å². The number of benzene rings is 2. The van der Waals surface area contributed by atoms with Gasteiger partial charge in [0.05, 0.1) is 5.56 Å². The van der Waals surface area contributed by atoms with Gasteiger partial charge >= 0.3 is 5.97 Å². The van der Waals surface area contributed by atoms with Gasteiger partial charge in [-0.3, -0.25) is 4.79 Å². The molecule has 0 aliphatic rings. The molecule has 1 N–H and O–H groups in total. The number of hydrogen-bond donors (Lipinski definition) is 1. The summed E-state index contributed by atoms with van der Waals surface area (Å²) in [5, 5.41) is 2.80. The summed E-state index contributed by atoms with van der Waals surface area (Å²) in [6.45, 7) is 5.85. The summed E-state index contributed by atoms with van der Waals surface area (Å²) >= 11 is 0. The number of likely N-dealkylation sites (N-methyl/N-ethyl adjacent to an activating group) is 1. The SMILES string of the molecule is CCN(CCNC(=O)COC(=O)c1cccc(N(C)C)c1)c1cccc(C)c1. The molecule has 28 heavy (non-hydrogen) atoms. The number of hydrogen-bond acceptors (Lipinski definition) is 5. The second-order valence-corrected chi connectivity index (χ2v) is 6.79. The molecule has 150 valence electrons. The largest absolute Gasteiger partial charge is 0.452 e. The van der Waals surface area contributed by atoms with E-state index in [4.69, 9.17) is 4.74 Å². The lowest BCUT2D eigenvalue weighted by molar-refractivity contribution is -0.124. The summed E-state index contributed by atoms with van der Waals surface area (Å²) in [5.74, 6) is -0.814. The molecule has 0 spiro atoms. The number of aryl methyl sites for hydroxylation is 1. The van der Waals surface area contributed by atoms with Gasteiger partial charge in [-0.25, -0.2) is 4.79 Å². The lowest BCUT2D eigenvalue weighted by atomic mass is 10.2. The summed E-state index contributed by atoms with van der Waals surface area (Å²) in [5.41, 5.74) is 3.65. The average Bonchev–Trinajstić information content (AvgIpc) is 2.69. The zero-order chi connectivity index (χ0) is 20.5. The van der Waals surface area contributed by atoms with Crippen LogP contribution in [0.15, 0.2) is 48.5 Å². The van der Waals surface area contributed by atoms with Crippen molar-refractivity contribution in [2.24, 2.45) is 0 Å². The second-order valence-electron chi connectivity index (χ2n) is 6.79. The van der Waals surface area contributed by atoms with Crippen LogP contribution >= 0.6 is 0 Å². The second kappa shape index (κ2) is 10.3. The Morgan fingerprint density at radius 3 is 2.43 bits per heavy atom. The number of carbonyl (C=O) groups excluding carboxylic acids is 2. The monoisotopic (exact) mass is 383 g/mol. The van der Waals surface area contributed by atoms with Gasteiger partial charge in [0.15, 0.2) is 6.61 Å². The van der Waals surface area contributed by atoms with E-state index in [2.05, 4.69) is 42.3 Å². The maximum absolute atomic E-state index is 12.1. The van der Waals surface area contributed by atoms with Crippen molar-refractivity contribution >= 4 is 23.3 Å². The van der Waals surface area contributed by atoms with E-state index in [0.717, 1.165) is 17.9 Å². The Hall–Kier alpha value is -3.02. The minimum atomic E-state index is -0.506. The van der Waals surface area contributed by atoms with E-state index in [1.165, 1.54) is 5.56 Å². The summed E-state index contributed by atoms with van der Waals surface area (Å²) in [6.07, 6.45) is 0. The molecule has 0 heterocycles. The molecule has 2 rings (SSSR count). The quantitative estimate of drug-likeness (QED) is 0.675. The van der Waals surface area contributed by atoms with Crippen LogP contribution in [0.25, 0.3) is 0 Å². The molecule has 0 bridgehead atoms. The van der Waals surface area contributed by atoms with Crippen molar-refractivity contribution in [1.82, 2.24) is 5.32 Å². The van der Waals surface area contributed by atoms with Gasteiger partial charge in [-0.15, -0.1) is 0 Å². The molecule has 0 saturated heterocycles. The van der Waals surface area contributed by atoms with E-state index >= 15 is 0 Å². The maximum Gasteiger partial charge on any atom is 0.338 e. The van der Waals surface area contributed by atoms with Gasteiger partial charge in [0.2, 0.25) is 0 Å². The van der Waals surface area contributed by atoms with Gasteiger partial charge < -0.3 is 19.9 Å². The molecule has 0 radical (unpaired) electrons. The number of ether oxygens (including phenoxy) is 1. The van der Waals surface area contributed by atoms with Crippen LogP contribution in [-0.2, 0) is 9.53 Å². The highest BCUT2D eigenvalue weighted by Gasteiger charge is 2.11. The lowest BCUT2D eigenvalue weighted by Crippen LogP contribution is -2.36. The zero-order valence-electron chi connectivity index (χ0n) is 17.1. The molecule has 0 aliphatic heterocycles. The van der Waals surface area contributed by atoms with Crippen LogP contribution in [0.5, 0.6) is 0 Å². The summed E-state index contributed by atoms with van der Waals surface area (Å²) < 4.78 is 5.13. The molecule has 6 heteroatoms. The zero-order valence-corrected chi connectivity index (χ0v) is 17.1. The number of nitrogens with one attached hydrogen (secondary N) is 1. The van der Waals surface area contributed by atoms with Gasteiger partial charge in [0.1, 0.15) is 0 Å². The number of anilines is 2. The topological polar surface area (TPSA) is 61.9 Å². The summed E-state index contributed by atoms with van der Waals surface area (Å²) in [7, 11) is 3.79. The molecule has 6 nitrogen and oxygen atoms in total. The Bertz CT molecular complexity index is 805. The molecule has 0 atom stereocenters. The first kappa shape index (κ1) is 21.3. The highest BCUT2D eigenvalue weighted by Crippen LogP contribution is 2.15. The third-order valence-electron chi connectivity index (χ3n) is 4.39. The van der Waals surface area contributed by atoms with E-state index in [1.807, 2.05) is 31.1 Å². The third kappa shape index (κ3) is 6.30. The van der Waals surface area contributed by atoms with Gasteiger partial charge in [-0.05, 0) is 49.7 Å². The van der Waals surface area contributed by atoms with Crippen LogP contribution in [0, 0.1) is 6.92 Å².